The third-order valence-corrected chi connectivity index (χ3v) is 7.01. The Morgan fingerprint density at radius 3 is 2.65 bits per heavy atom. The van der Waals surface area contributed by atoms with Crippen molar-refractivity contribution in [3.8, 4) is 0 Å². The first-order chi connectivity index (χ1) is 16.3. The van der Waals surface area contributed by atoms with Crippen molar-refractivity contribution in [3.05, 3.63) is 53.1 Å². The van der Waals surface area contributed by atoms with Gasteiger partial charge in [-0.2, -0.15) is 0 Å². The Morgan fingerprint density at radius 1 is 1.26 bits per heavy atom. The molecule has 0 bridgehead atoms. The number of esters is 1. The van der Waals surface area contributed by atoms with Gasteiger partial charge >= 0.3 is 5.97 Å². The molecule has 2 unspecified atom stereocenters. The smallest absolute Gasteiger partial charge is 0.309 e. The van der Waals surface area contributed by atoms with Crippen LogP contribution in [0.2, 0.25) is 0 Å². The van der Waals surface area contributed by atoms with Gasteiger partial charge in [-0.1, -0.05) is 51.1 Å². The monoisotopic (exact) mass is 461 g/mol. The second-order valence-electron chi connectivity index (χ2n) is 9.73. The maximum atomic E-state index is 13.2. The molecule has 1 fully saturated rings. The average Bonchev–Trinajstić information content (AvgIpc) is 3.18. The molecule has 0 saturated carbocycles. The highest BCUT2D eigenvalue weighted by Gasteiger charge is 2.41. The van der Waals surface area contributed by atoms with Gasteiger partial charge in [0.2, 0.25) is 5.91 Å². The molecule has 34 heavy (non-hydrogen) atoms. The van der Waals surface area contributed by atoms with E-state index >= 15 is 0 Å². The summed E-state index contributed by atoms with van der Waals surface area (Å²) in [4.78, 5) is 31.8. The Kier molecular flexibility index (Phi) is 7.05. The lowest BCUT2D eigenvalue weighted by Crippen LogP contribution is -2.34. The number of hydrogen-bond donors (Lipinski definition) is 1. The first-order valence-corrected chi connectivity index (χ1v) is 12.4. The number of fused-ring (bicyclic) bond motifs is 1. The Bertz CT molecular complexity index is 1090. The van der Waals surface area contributed by atoms with Crippen molar-refractivity contribution in [1.82, 2.24) is 4.90 Å². The van der Waals surface area contributed by atoms with Gasteiger partial charge in [0.1, 0.15) is 5.84 Å². The van der Waals surface area contributed by atoms with Crippen LogP contribution in [0.25, 0.3) is 11.6 Å². The summed E-state index contributed by atoms with van der Waals surface area (Å²) in [5, 5.41) is 0. The van der Waals surface area contributed by atoms with Crippen molar-refractivity contribution in [2.45, 2.75) is 52.9 Å². The van der Waals surface area contributed by atoms with Gasteiger partial charge in [0.05, 0.1) is 18.2 Å². The Hall–Kier alpha value is -3.15. The molecule has 1 amide bonds. The average molecular weight is 462 g/mol. The van der Waals surface area contributed by atoms with Crippen molar-refractivity contribution < 1.29 is 14.3 Å². The number of cyclic esters (lactones) is 1. The quantitative estimate of drug-likeness (QED) is 0.578. The zero-order chi connectivity index (χ0) is 24.3. The van der Waals surface area contributed by atoms with E-state index in [1.807, 2.05) is 23.1 Å². The molecule has 6 heteroatoms. The van der Waals surface area contributed by atoms with Crippen LogP contribution in [0.4, 0.5) is 5.69 Å². The number of nitrogens with zero attached hydrogens (tertiary/aromatic N) is 2. The molecular weight excluding hydrogens is 426 g/mol. The predicted octanol–water partition coefficient (Wildman–Crippen LogP) is 5.02. The molecular formula is C28H35N3O3. The number of allylic oxidation sites excluding steroid dienone is 4. The molecule has 2 aliphatic heterocycles. The van der Waals surface area contributed by atoms with Crippen LogP contribution in [-0.2, 0) is 14.3 Å². The maximum Gasteiger partial charge on any atom is 0.309 e. The summed E-state index contributed by atoms with van der Waals surface area (Å²) in [7, 11) is 0. The van der Waals surface area contributed by atoms with Crippen molar-refractivity contribution in [3.63, 3.8) is 0 Å². The molecule has 180 valence electrons. The van der Waals surface area contributed by atoms with E-state index in [-0.39, 0.29) is 23.2 Å². The predicted molar refractivity (Wildman–Crippen MR) is 136 cm³/mol. The van der Waals surface area contributed by atoms with E-state index in [2.05, 4.69) is 50.1 Å². The molecule has 4 rings (SSSR count). The molecule has 1 saturated heterocycles. The van der Waals surface area contributed by atoms with Crippen molar-refractivity contribution in [2.24, 2.45) is 22.1 Å². The lowest BCUT2D eigenvalue weighted by Gasteiger charge is -2.31. The second kappa shape index (κ2) is 10.00. The topological polar surface area (TPSA) is 85.0 Å². The molecule has 3 aliphatic rings. The van der Waals surface area contributed by atoms with E-state index < -0.39 is 0 Å². The summed E-state index contributed by atoms with van der Waals surface area (Å²) < 4.78 is 5.19. The number of benzene rings is 1. The van der Waals surface area contributed by atoms with Gasteiger partial charge in [0, 0.05) is 36.1 Å². The highest BCUT2D eigenvalue weighted by Crippen LogP contribution is 2.43. The summed E-state index contributed by atoms with van der Waals surface area (Å²) in [5.74, 6) is 0.317. The van der Waals surface area contributed by atoms with E-state index in [9.17, 15) is 9.59 Å². The fraction of sp³-hybridized carbons (Fsp3) is 0.464. The number of nitrogens with two attached hydrogens (primary N) is 1. The number of amides is 1. The van der Waals surface area contributed by atoms with E-state index in [4.69, 9.17) is 10.5 Å². The third-order valence-electron chi connectivity index (χ3n) is 7.01. The van der Waals surface area contributed by atoms with Gasteiger partial charge in [-0.15, -0.1) is 0 Å². The molecule has 2 atom stereocenters. The van der Waals surface area contributed by atoms with Gasteiger partial charge in [-0.05, 0) is 49.0 Å². The first kappa shape index (κ1) is 24.0. The van der Waals surface area contributed by atoms with Crippen molar-refractivity contribution in [1.29, 1.82) is 0 Å². The fourth-order valence-corrected chi connectivity index (χ4v) is 5.08. The third kappa shape index (κ3) is 4.86. The Labute approximate surface area is 202 Å². The fourth-order valence-electron chi connectivity index (χ4n) is 5.08. The largest absolute Gasteiger partial charge is 0.465 e. The molecule has 2 N–H and O–H groups in total. The normalized spacial score (nSPS) is 23.9. The minimum atomic E-state index is -0.216. The van der Waals surface area contributed by atoms with E-state index in [1.54, 1.807) is 0 Å². The molecule has 1 aromatic rings. The van der Waals surface area contributed by atoms with E-state index in [0.29, 0.717) is 24.4 Å². The minimum Gasteiger partial charge on any atom is -0.465 e. The van der Waals surface area contributed by atoms with E-state index in [1.165, 1.54) is 0 Å². The van der Waals surface area contributed by atoms with Gasteiger partial charge in [0.15, 0.2) is 0 Å². The van der Waals surface area contributed by atoms with Crippen LogP contribution in [0.15, 0.2) is 47.0 Å². The molecule has 2 heterocycles. The second-order valence-corrected chi connectivity index (χ2v) is 9.73. The maximum absolute atomic E-state index is 13.2. The Morgan fingerprint density at radius 2 is 2.03 bits per heavy atom. The number of carbonyl (C=O) groups is 2. The molecule has 6 nitrogen and oxygen atoms in total. The minimum absolute atomic E-state index is 0.0430. The first-order valence-electron chi connectivity index (χ1n) is 12.4. The molecule has 0 aromatic heterocycles. The SMILES string of the molecule is CCCN(CCC)C(=O)C1=Cc2ccc(C3=CCC(C)(C4CCOC4=O)C=C3)cc2N=C(N)C1. The molecule has 1 aliphatic carbocycles. The highest BCUT2D eigenvalue weighted by atomic mass is 16.5. The number of rotatable bonds is 7. The summed E-state index contributed by atoms with van der Waals surface area (Å²) in [5.41, 5.74) is 10.5. The summed E-state index contributed by atoms with van der Waals surface area (Å²) in [6, 6.07) is 6.11. The van der Waals surface area contributed by atoms with Gasteiger partial charge in [-0.25, -0.2) is 4.99 Å². The van der Waals surface area contributed by atoms with Crippen molar-refractivity contribution in [2.75, 3.05) is 19.7 Å². The van der Waals surface area contributed by atoms with Crippen LogP contribution < -0.4 is 5.73 Å². The van der Waals surface area contributed by atoms with Crippen LogP contribution in [0.3, 0.4) is 0 Å². The number of amidine groups is 1. The summed E-state index contributed by atoms with van der Waals surface area (Å²) >= 11 is 0. The highest BCUT2D eigenvalue weighted by molar-refractivity contribution is 6.05. The standard InChI is InChI=1S/C28H35N3O3/c1-4-13-31(14-5-2)26(32)22-16-21-7-6-20(17-24(21)30-25(29)18-22)19-8-11-28(3,12-9-19)23-10-15-34-27(23)33/h6-9,11,16-17,23H,4-5,10,12-15,18H2,1-3H3,(H2,29,30). The molecule has 1 aromatic carbocycles. The van der Waals surface area contributed by atoms with E-state index in [0.717, 1.165) is 61.2 Å². The van der Waals surface area contributed by atoms with Crippen molar-refractivity contribution >= 4 is 35.0 Å². The lowest BCUT2D eigenvalue weighted by atomic mass is 9.70. The van der Waals surface area contributed by atoms with Crippen LogP contribution in [0.1, 0.15) is 64.0 Å². The molecule has 0 spiro atoms. The number of hydrogen-bond acceptors (Lipinski definition) is 5. The summed E-state index contributed by atoms with van der Waals surface area (Å²) in [6.45, 7) is 8.29. The lowest BCUT2D eigenvalue weighted by molar-refractivity contribution is -0.143. The number of ether oxygens (including phenoxy) is 1. The number of aliphatic imine (C=N–C) groups is 1. The zero-order valence-electron chi connectivity index (χ0n) is 20.5. The van der Waals surface area contributed by atoms with Crippen LogP contribution in [-0.4, -0.2) is 42.3 Å². The van der Waals surface area contributed by atoms with Gasteiger partial charge in [0.25, 0.3) is 0 Å². The number of carbonyl (C=O) groups excluding carboxylic acids is 2. The van der Waals surface area contributed by atoms with Crippen LogP contribution >= 0.6 is 0 Å². The zero-order valence-corrected chi connectivity index (χ0v) is 20.5. The Balaban J connectivity index is 1.58. The van der Waals surface area contributed by atoms with Gasteiger partial charge in [-0.3, -0.25) is 9.59 Å². The van der Waals surface area contributed by atoms with Crippen LogP contribution in [0.5, 0.6) is 0 Å². The summed E-state index contributed by atoms with van der Waals surface area (Å²) in [6.07, 6.45) is 12.1. The molecule has 0 radical (unpaired) electrons. The van der Waals surface area contributed by atoms with Gasteiger partial charge < -0.3 is 15.4 Å². The van der Waals surface area contributed by atoms with Crippen LogP contribution in [0, 0.1) is 11.3 Å².